The molecular formula is C11H16FNO. The molecule has 1 aromatic carbocycles. The largest absolute Gasteiger partial charge is 0.387 e. The SMILES string of the molecule is CCNCC(O)c1cc(C)ccc1F. The van der Waals surface area contributed by atoms with E-state index in [1.54, 1.807) is 12.1 Å². The maximum Gasteiger partial charge on any atom is 0.129 e. The van der Waals surface area contributed by atoms with Gasteiger partial charge in [0, 0.05) is 12.1 Å². The number of likely N-dealkylation sites (N-methyl/N-ethyl adjacent to an activating group) is 1. The molecule has 0 spiro atoms. The fourth-order valence-corrected chi connectivity index (χ4v) is 1.31. The Bertz CT molecular complexity index is 301. The molecule has 0 fully saturated rings. The minimum Gasteiger partial charge on any atom is -0.387 e. The van der Waals surface area contributed by atoms with Crippen LogP contribution >= 0.6 is 0 Å². The maximum absolute atomic E-state index is 13.3. The van der Waals surface area contributed by atoms with E-state index in [1.807, 2.05) is 13.8 Å². The van der Waals surface area contributed by atoms with Crippen LogP contribution in [0.1, 0.15) is 24.2 Å². The summed E-state index contributed by atoms with van der Waals surface area (Å²) in [6.45, 7) is 4.98. The van der Waals surface area contributed by atoms with Crippen molar-refractivity contribution in [1.82, 2.24) is 5.32 Å². The zero-order valence-electron chi connectivity index (χ0n) is 8.55. The predicted molar refractivity (Wildman–Crippen MR) is 54.6 cm³/mol. The van der Waals surface area contributed by atoms with Crippen LogP contribution in [-0.2, 0) is 0 Å². The van der Waals surface area contributed by atoms with Crippen molar-refractivity contribution in [2.24, 2.45) is 0 Å². The average Bonchev–Trinajstić information content (AvgIpc) is 2.18. The van der Waals surface area contributed by atoms with Gasteiger partial charge in [0.1, 0.15) is 5.82 Å². The molecule has 0 aliphatic rings. The molecule has 1 rings (SSSR count). The van der Waals surface area contributed by atoms with Crippen molar-refractivity contribution in [1.29, 1.82) is 0 Å². The molecule has 0 aliphatic heterocycles. The number of benzene rings is 1. The number of hydrogen-bond acceptors (Lipinski definition) is 2. The first-order chi connectivity index (χ1) is 6.65. The van der Waals surface area contributed by atoms with Gasteiger partial charge in [-0.15, -0.1) is 0 Å². The van der Waals surface area contributed by atoms with Gasteiger partial charge >= 0.3 is 0 Å². The van der Waals surface area contributed by atoms with Crippen LogP contribution in [0.15, 0.2) is 18.2 Å². The second-order valence-electron chi connectivity index (χ2n) is 3.35. The van der Waals surface area contributed by atoms with Gasteiger partial charge in [-0.05, 0) is 19.5 Å². The number of halogens is 1. The lowest BCUT2D eigenvalue weighted by molar-refractivity contribution is 0.171. The lowest BCUT2D eigenvalue weighted by Gasteiger charge is -2.12. The minimum absolute atomic E-state index is 0.346. The number of aryl methyl sites for hydroxylation is 1. The minimum atomic E-state index is -0.769. The number of rotatable bonds is 4. The normalized spacial score (nSPS) is 12.9. The van der Waals surface area contributed by atoms with Crippen LogP contribution in [0.4, 0.5) is 4.39 Å². The Morgan fingerprint density at radius 3 is 2.86 bits per heavy atom. The van der Waals surface area contributed by atoms with Crippen LogP contribution in [0.3, 0.4) is 0 Å². The molecule has 1 atom stereocenters. The number of aliphatic hydroxyl groups excluding tert-OH is 1. The smallest absolute Gasteiger partial charge is 0.129 e. The van der Waals surface area contributed by atoms with E-state index in [0.29, 0.717) is 12.1 Å². The molecule has 0 saturated heterocycles. The van der Waals surface area contributed by atoms with Crippen LogP contribution < -0.4 is 5.32 Å². The standard InChI is InChI=1S/C11H16FNO/c1-3-13-7-11(14)9-6-8(2)4-5-10(9)12/h4-6,11,13-14H,3,7H2,1-2H3. The molecule has 1 unspecified atom stereocenters. The molecular weight excluding hydrogens is 181 g/mol. The van der Waals surface area contributed by atoms with Crippen LogP contribution in [-0.4, -0.2) is 18.2 Å². The van der Waals surface area contributed by atoms with Crippen molar-refractivity contribution < 1.29 is 9.50 Å². The monoisotopic (exact) mass is 197 g/mol. The maximum atomic E-state index is 13.3. The van der Waals surface area contributed by atoms with Gasteiger partial charge in [-0.1, -0.05) is 24.6 Å². The lowest BCUT2D eigenvalue weighted by atomic mass is 10.1. The van der Waals surface area contributed by atoms with E-state index < -0.39 is 6.10 Å². The number of aliphatic hydroxyl groups is 1. The van der Waals surface area contributed by atoms with Gasteiger partial charge in [-0.2, -0.15) is 0 Å². The highest BCUT2D eigenvalue weighted by atomic mass is 19.1. The van der Waals surface area contributed by atoms with E-state index in [0.717, 1.165) is 12.1 Å². The summed E-state index contributed by atoms with van der Waals surface area (Å²) in [5.41, 5.74) is 1.32. The van der Waals surface area contributed by atoms with Crippen molar-refractivity contribution >= 4 is 0 Å². The summed E-state index contributed by atoms with van der Waals surface area (Å²) in [5.74, 6) is -0.346. The van der Waals surface area contributed by atoms with Gasteiger partial charge in [0.25, 0.3) is 0 Å². The highest BCUT2D eigenvalue weighted by Crippen LogP contribution is 2.17. The Morgan fingerprint density at radius 2 is 2.21 bits per heavy atom. The molecule has 0 aromatic heterocycles. The molecule has 78 valence electrons. The predicted octanol–water partition coefficient (Wildman–Crippen LogP) is 1.78. The van der Waals surface area contributed by atoms with Gasteiger partial charge in [0.15, 0.2) is 0 Å². The second-order valence-corrected chi connectivity index (χ2v) is 3.35. The molecule has 0 heterocycles. The summed E-state index contributed by atoms with van der Waals surface area (Å²) < 4.78 is 13.3. The summed E-state index contributed by atoms with van der Waals surface area (Å²) >= 11 is 0. The Morgan fingerprint density at radius 1 is 1.50 bits per heavy atom. The third kappa shape index (κ3) is 2.79. The molecule has 0 amide bonds. The molecule has 14 heavy (non-hydrogen) atoms. The number of nitrogens with one attached hydrogen (secondary N) is 1. The highest BCUT2D eigenvalue weighted by Gasteiger charge is 2.11. The molecule has 0 aliphatic carbocycles. The van der Waals surface area contributed by atoms with Gasteiger partial charge in [-0.3, -0.25) is 0 Å². The van der Waals surface area contributed by atoms with E-state index in [4.69, 9.17) is 0 Å². The molecule has 0 radical (unpaired) electrons. The van der Waals surface area contributed by atoms with Gasteiger partial charge in [0.2, 0.25) is 0 Å². The molecule has 0 bridgehead atoms. The third-order valence-corrected chi connectivity index (χ3v) is 2.10. The first-order valence-corrected chi connectivity index (χ1v) is 4.80. The first-order valence-electron chi connectivity index (χ1n) is 4.80. The molecule has 3 heteroatoms. The van der Waals surface area contributed by atoms with Crippen molar-refractivity contribution in [3.63, 3.8) is 0 Å². The summed E-state index contributed by atoms with van der Waals surface area (Å²) in [6, 6.07) is 4.76. The second kappa shape index (κ2) is 5.08. The summed E-state index contributed by atoms with van der Waals surface area (Å²) in [7, 11) is 0. The summed E-state index contributed by atoms with van der Waals surface area (Å²) in [6.07, 6.45) is -0.769. The highest BCUT2D eigenvalue weighted by molar-refractivity contribution is 5.26. The first kappa shape index (κ1) is 11.1. The molecule has 0 saturated carbocycles. The lowest BCUT2D eigenvalue weighted by Crippen LogP contribution is -2.21. The van der Waals surface area contributed by atoms with Gasteiger partial charge in [0.05, 0.1) is 6.10 Å². The topological polar surface area (TPSA) is 32.3 Å². The fraction of sp³-hybridized carbons (Fsp3) is 0.455. The molecule has 2 nitrogen and oxygen atoms in total. The quantitative estimate of drug-likeness (QED) is 0.771. The fourth-order valence-electron chi connectivity index (χ4n) is 1.31. The van der Waals surface area contributed by atoms with Crippen LogP contribution in [0.5, 0.6) is 0 Å². The van der Waals surface area contributed by atoms with Crippen molar-refractivity contribution in [2.75, 3.05) is 13.1 Å². The van der Waals surface area contributed by atoms with E-state index in [-0.39, 0.29) is 5.82 Å². The summed E-state index contributed by atoms with van der Waals surface area (Å²) in [4.78, 5) is 0. The van der Waals surface area contributed by atoms with Gasteiger partial charge < -0.3 is 10.4 Å². The van der Waals surface area contributed by atoms with Crippen LogP contribution in [0, 0.1) is 12.7 Å². The van der Waals surface area contributed by atoms with E-state index in [9.17, 15) is 9.50 Å². The Hall–Kier alpha value is -0.930. The van der Waals surface area contributed by atoms with E-state index in [1.165, 1.54) is 6.07 Å². The van der Waals surface area contributed by atoms with Crippen molar-refractivity contribution in [3.05, 3.63) is 35.1 Å². The van der Waals surface area contributed by atoms with E-state index >= 15 is 0 Å². The van der Waals surface area contributed by atoms with E-state index in [2.05, 4.69) is 5.32 Å². The zero-order chi connectivity index (χ0) is 10.6. The van der Waals surface area contributed by atoms with Crippen molar-refractivity contribution in [2.45, 2.75) is 20.0 Å². The summed E-state index contributed by atoms with van der Waals surface area (Å²) in [5, 5.41) is 12.6. The van der Waals surface area contributed by atoms with Crippen LogP contribution in [0.25, 0.3) is 0 Å². The van der Waals surface area contributed by atoms with Crippen molar-refractivity contribution in [3.8, 4) is 0 Å². The number of hydrogen-bond donors (Lipinski definition) is 2. The average molecular weight is 197 g/mol. The van der Waals surface area contributed by atoms with Gasteiger partial charge in [-0.25, -0.2) is 4.39 Å². The Kier molecular flexibility index (Phi) is 4.04. The van der Waals surface area contributed by atoms with Crippen LogP contribution in [0.2, 0.25) is 0 Å². The third-order valence-electron chi connectivity index (χ3n) is 2.10. The Labute approximate surface area is 83.8 Å². The Balaban J connectivity index is 2.77. The molecule has 2 N–H and O–H groups in total. The molecule has 1 aromatic rings. The zero-order valence-corrected chi connectivity index (χ0v) is 8.55.